The number of hydrogen-bond acceptors (Lipinski definition) is 3. The van der Waals surface area contributed by atoms with Crippen molar-refractivity contribution >= 4 is 11.6 Å². The van der Waals surface area contributed by atoms with Crippen LogP contribution in [0.1, 0.15) is 36.8 Å². The number of carbonyl (C=O) groups excluding carboxylic acids is 1. The van der Waals surface area contributed by atoms with E-state index in [2.05, 4.69) is 16.3 Å². The molecule has 1 heterocycles. The van der Waals surface area contributed by atoms with Gasteiger partial charge in [0.2, 0.25) is 5.91 Å². The van der Waals surface area contributed by atoms with E-state index in [-0.39, 0.29) is 12.5 Å². The maximum absolute atomic E-state index is 12.2. The van der Waals surface area contributed by atoms with Crippen molar-refractivity contribution in [2.45, 2.75) is 45.6 Å². The molecule has 1 atom stereocenters. The first-order valence-corrected chi connectivity index (χ1v) is 7.82. The first-order chi connectivity index (χ1) is 10.1. The van der Waals surface area contributed by atoms with E-state index in [0.29, 0.717) is 12.6 Å². The SMILES string of the molecule is Cc1ccc(C)c(NC(=O)CN2CCCC2CCCO)c1. The quantitative estimate of drug-likeness (QED) is 0.846. The van der Waals surface area contributed by atoms with Crippen LogP contribution in [0.15, 0.2) is 18.2 Å². The summed E-state index contributed by atoms with van der Waals surface area (Å²) in [5, 5.41) is 12.0. The smallest absolute Gasteiger partial charge is 0.238 e. The maximum Gasteiger partial charge on any atom is 0.238 e. The summed E-state index contributed by atoms with van der Waals surface area (Å²) in [5.41, 5.74) is 3.15. The van der Waals surface area contributed by atoms with E-state index in [1.54, 1.807) is 0 Å². The van der Waals surface area contributed by atoms with Crippen molar-refractivity contribution in [2.24, 2.45) is 0 Å². The molecule has 1 aromatic rings. The van der Waals surface area contributed by atoms with Crippen LogP contribution in [0.5, 0.6) is 0 Å². The highest BCUT2D eigenvalue weighted by Crippen LogP contribution is 2.21. The number of aliphatic hydroxyl groups is 1. The lowest BCUT2D eigenvalue weighted by atomic mass is 10.1. The first-order valence-electron chi connectivity index (χ1n) is 7.82. The zero-order valence-electron chi connectivity index (χ0n) is 13.1. The number of carbonyl (C=O) groups is 1. The van der Waals surface area contributed by atoms with Crippen LogP contribution in [0.4, 0.5) is 5.69 Å². The minimum atomic E-state index is 0.0552. The second kappa shape index (κ2) is 7.57. The molecular formula is C17H26N2O2. The van der Waals surface area contributed by atoms with Crippen LogP contribution in [-0.4, -0.2) is 41.7 Å². The predicted molar refractivity (Wildman–Crippen MR) is 85.5 cm³/mol. The summed E-state index contributed by atoms with van der Waals surface area (Å²) in [4.78, 5) is 14.5. The van der Waals surface area contributed by atoms with Crippen molar-refractivity contribution in [3.8, 4) is 0 Å². The third-order valence-corrected chi connectivity index (χ3v) is 4.21. The van der Waals surface area contributed by atoms with Gasteiger partial charge in [0.1, 0.15) is 0 Å². The Labute approximate surface area is 127 Å². The lowest BCUT2D eigenvalue weighted by Crippen LogP contribution is -2.37. The molecule has 0 saturated carbocycles. The van der Waals surface area contributed by atoms with E-state index in [0.717, 1.165) is 49.0 Å². The Morgan fingerprint density at radius 2 is 2.24 bits per heavy atom. The number of hydrogen-bond donors (Lipinski definition) is 2. The molecule has 1 aliphatic rings. The fourth-order valence-electron chi connectivity index (χ4n) is 3.00. The average molecular weight is 290 g/mol. The summed E-state index contributed by atoms with van der Waals surface area (Å²) in [6.45, 7) is 5.70. The number of amides is 1. The molecule has 0 spiro atoms. The van der Waals surface area contributed by atoms with Gasteiger partial charge in [-0.25, -0.2) is 0 Å². The summed E-state index contributed by atoms with van der Waals surface area (Å²) >= 11 is 0. The molecule has 0 bridgehead atoms. The molecule has 1 fully saturated rings. The third-order valence-electron chi connectivity index (χ3n) is 4.21. The van der Waals surface area contributed by atoms with Crippen LogP contribution < -0.4 is 5.32 Å². The highest BCUT2D eigenvalue weighted by atomic mass is 16.3. The minimum absolute atomic E-state index is 0.0552. The van der Waals surface area contributed by atoms with Gasteiger partial charge in [-0.1, -0.05) is 12.1 Å². The number of benzene rings is 1. The average Bonchev–Trinajstić information content (AvgIpc) is 2.87. The molecule has 0 radical (unpaired) electrons. The van der Waals surface area contributed by atoms with Crippen molar-refractivity contribution in [2.75, 3.05) is 25.0 Å². The Bertz CT molecular complexity index is 488. The van der Waals surface area contributed by atoms with E-state index in [4.69, 9.17) is 5.11 Å². The minimum Gasteiger partial charge on any atom is -0.396 e. The molecule has 4 nitrogen and oxygen atoms in total. The van der Waals surface area contributed by atoms with Crippen LogP contribution in [0.25, 0.3) is 0 Å². The Hall–Kier alpha value is -1.39. The molecule has 21 heavy (non-hydrogen) atoms. The number of nitrogens with zero attached hydrogens (tertiary/aromatic N) is 1. The molecular weight excluding hydrogens is 264 g/mol. The van der Waals surface area contributed by atoms with Crippen LogP contribution in [0, 0.1) is 13.8 Å². The van der Waals surface area contributed by atoms with Gasteiger partial charge < -0.3 is 10.4 Å². The van der Waals surface area contributed by atoms with Crippen LogP contribution in [0.3, 0.4) is 0 Å². The summed E-state index contributed by atoms with van der Waals surface area (Å²) in [6, 6.07) is 6.54. The third kappa shape index (κ3) is 4.55. The van der Waals surface area contributed by atoms with Gasteiger partial charge in [-0.3, -0.25) is 9.69 Å². The maximum atomic E-state index is 12.2. The number of rotatable bonds is 6. The predicted octanol–water partition coefficient (Wildman–Crippen LogP) is 2.48. The summed E-state index contributed by atoms with van der Waals surface area (Å²) < 4.78 is 0. The van der Waals surface area contributed by atoms with Gasteiger partial charge in [-0.2, -0.15) is 0 Å². The summed E-state index contributed by atoms with van der Waals surface area (Å²) in [5.74, 6) is 0.0552. The molecule has 4 heteroatoms. The largest absolute Gasteiger partial charge is 0.396 e. The summed E-state index contributed by atoms with van der Waals surface area (Å²) in [6.07, 6.45) is 4.08. The first kappa shape index (κ1) is 16.0. The van der Waals surface area contributed by atoms with Crippen LogP contribution in [0.2, 0.25) is 0 Å². The number of nitrogens with one attached hydrogen (secondary N) is 1. The number of anilines is 1. The molecule has 0 aromatic heterocycles. The van der Waals surface area contributed by atoms with Crippen molar-refractivity contribution in [1.29, 1.82) is 0 Å². The van der Waals surface area contributed by atoms with Crippen molar-refractivity contribution < 1.29 is 9.90 Å². The molecule has 1 amide bonds. The van der Waals surface area contributed by atoms with Gasteiger partial charge in [0.15, 0.2) is 0 Å². The van der Waals surface area contributed by atoms with Crippen molar-refractivity contribution in [3.05, 3.63) is 29.3 Å². The Morgan fingerprint density at radius 1 is 1.43 bits per heavy atom. The molecule has 2 N–H and O–H groups in total. The van der Waals surface area contributed by atoms with E-state index >= 15 is 0 Å². The number of likely N-dealkylation sites (tertiary alicyclic amines) is 1. The Balaban J connectivity index is 1.90. The van der Waals surface area contributed by atoms with Crippen LogP contribution >= 0.6 is 0 Å². The number of aryl methyl sites for hydroxylation is 2. The van der Waals surface area contributed by atoms with Gasteiger partial charge in [0, 0.05) is 18.3 Å². The molecule has 116 valence electrons. The molecule has 1 aliphatic heterocycles. The lowest BCUT2D eigenvalue weighted by molar-refractivity contribution is -0.117. The zero-order chi connectivity index (χ0) is 15.2. The van der Waals surface area contributed by atoms with Gasteiger partial charge in [-0.15, -0.1) is 0 Å². The zero-order valence-corrected chi connectivity index (χ0v) is 13.1. The van der Waals surface area contributed by atoms with Gasteiger partial charge >= 0.3 is 0 Å². The number of aliphatic hydroxyl groups excluding tert-OH is 1. The van der Waals surface area contributed by atoms with E-state index in [9.17, 15) is 4.79 Å². The Kier molecular flexibility index (Phi) is 5.76. The second-order valence-electron chi connectivity index (χ2n) is 6.00. The molecule has 1 saturated heterocycles. The lowest BCUT2D eigenvalue weighted by Gasteiger charge is -2.23. The molecule has 1 aromatic carbocycles. The van der Waals surface area contributed by atoms with E-state index in [1.165, 1.54) is 0 Å². The fraction of sp³-hybridized carbons (Fsp3) is 0.588. The molecule has 1 unspecified atom stereocenters. The highest BCUT2D eigenvalue weighted by molar-refractivity contribution is 5.93. The molecule has 2 rings (SSSR count). The van der Waals surface area contributed by atoms with E-state index in [1.807, 2.05) is 26.0 Å². The normalized spacial score (nSPS) is 18.9. The fourth-order valence-corrected chi connectivity index (χ4v) is 3.00. The Morgan fingerprint density at radius 3 is 3.00 bits per heavy atom. The topological polar surface area (TPSA) is 52.6 Å². The monoisotopic (exact) mass is 290 g/mol. The van der Waals surface area contributed by atoms with Crippen LogP contribution in [-0.2, 0) is 4.79 Å². The van der Waals surface area contributed by atoms with Gasteiger partial charge in [0.25, 0.3) is 0 Å². The van der Waals surface area contributed by atoms with E-state index < -0.39 is 0 Å². The van der Waals surface area contributed by atoms with Gasteiger partial charge in [0.05, 0.1) is 6.54 Å². The van der Waals surface area contributed by atoms with Gasteiger partial charge in [-0.05, 0) is 63.3 Å². The standard InChI is InChI=1S/C17H26N2O2/c1-13-7-8-14(2)16(11-13)18-17(21)12-19-9-3-5-15(19)6-4-10-20/h7-8,11,15,20H,3-6,9-10,12H2,1-2H3,(H,18,21). The summed E-state index contributed by atoms with van der Waals surface area (Å²) in [7, 11) is 0. The van der Waals surface area contributed by atoms with Crippen molar-refractivity contribution in [1.82, 2.24) is 4.90 Å². The highest BCUT2D eigenvalue weighted by Gasteiger charge is 2.25. The molecule has 0 aliphatic carbocycles. The van der Waals surface area contributed by atoms with Crippen molar-refractivity contribution in [3.63, 3.8) is 0 Å². The second-order valence-corrected chi connectivity index (χ2v) is 6.00.